The zero-order valence-electron chi connectivity index (χ0n) is 27.9. The first-order valence-corrected chi connectivity index (χ1v) is 17.5. The molecule has 1 N–H and O–H groups in total. The lowest BCUT2D eigenvalue weighted by Gasteiger charge is -2.07. The zero-order chi connectivity index (χ0) is 34.5. The Hall–Kier alpha value is -3.22. The number of fused-ring (bicyclic) bond motifs is 1. The third kappa shape index (κ3) is 21.3. The normalized spacial score (nSPS) is 10.9. The molecule has 0 aliphatic heterocycles. The summed E-state index contributed by atoms with van der Waals surface area (Å²) < 4.78 is 26.4. The van der Waals surface area contributed by atoms with Crippen LogP contribution >= 0.6 is 23.0 Å². The van der Waals surface area contributed by atoms with Crippen LogP contribution < -0.4 is 9.47 Å². The number of ether oxygens (including phenoxy) is 4. The van der Waals surface area contributed by atoms with E-state index in [1.807, 2.05) is 36.9 Å². The van der Waals surface area contributed by atoms with Crippen LogP contribution in [0.3, 0.4) is 0 Å². The van der Waals surface area contributed by atoms with Crippen molar-refractivity contribution in [1.82, 2.24) is 0 Å². The third-order valence-electron chi connectivity index (χ3n) is 6.68. The molecule has 2 aromatic rings. The van der Waals surface area contributed by atoms with Crippen LogP contribution in [-0.4, -0.2) is 49.4 Å². The Kier molecular flexibility index (Phi) is 24.8. The second kappa shape index (κ2) is 27.9. The molecule has 9 nitrogen and oxygen atoms in total. The second-order valence-corrected chi connectivity index (χ2v) is 11.1. The molecule has 0 amide bonds. The molecule has 2 aromatic carbocycles. The molecule has 260 valence electrons. The summed E-state index contributed by atoms with van der Waals surface area (Å²) in [5.41, 5.74) is 0. The molecule has 0 aliphatic carbocycles. The van der Waals surface area contributed by atoms with Crippen LogP contribution in [0.1, 0.15) is 90.9 Å². The van der Waals surface area contributed by atoms with E-state index < -0.39 is 17.9 Å². The van der Waals surface area contributed by atoms with Gasteiger partial charge in [0.05, 0.1) is 19.8 Å². The summed E-state index contributed by atoms with van der Waals surface area (Å²) in [5, 5.41) is 10.3. The average Bonchev–Trinajstić information content (AvgIpc) is 3.07. The molecular formula is C37H51IO9. The van der Waals surface area contributed by atoms with Gasteiger partial charge >= 0.3 is 17.9 Å². The Bertz CT molecular complexity index is 1260. The Labute approximate surface area is 294 Å². The maximum absolute atomic E-state index is 12.3. The molecule has 0 fully saturated rings. The van der Waals surface area contributed by atoms with E-state index in [4.69, 9.17) is 27.1 Å². The lowest BCUT2D eigenvalue weighted by Crippen LogP contribution is -2.07. The predicted octanol–water partition coefficient (Wildman–Crippen LogP) is 8.90. The molecule has 0 saturated carbocycles. The molecule has 0 bridgehead atoms. The lowest BCUT2D eigenvalue weighted by molar-refractivity contribution is -0.138. The monoisotopic (exact) mass is 766 g/mol. The van der Waals surface area contributed by atoms with Gasteiger partial charge in [0.15, 0.2) is 0 Å². The van der Waals surface area contributed by atoms with Gasteiger partial charge in [0, 0.05) is 24.8 Å². The van der Waals surface area contributed by atoms with Gasteiger partial charge in [0.2, 0.25) is 0 Å². The van der Waals surface area contributed by atoms with Gasteiger partial charge in [-0.2, -0.15) is 0 Å². The van der Waals surface area contributed by atoms with E-state index in [0.717, 1.165) is 107 Å². The highest BCUT2D eigenvalue weighted by atomic mass is 127. The van der Waals surface area contributed by atoms with E-state index in [0.29, 0.717) is 30.5 Å². The molecule has 0 atom stereocenters. The molecule has 0 aliphatic rings. The number of carbonyl (C=O) groups excluding carboxylic acids is 3. The van der Waals surface area contributed by atoms with Crippen molar-refractivity contribution in [3.8, 4) is 11.5 Å². The predicted molar refractivity (Wildman–Crippen MR) is 193 cm³/mol. The second-order valence-electron chi connectivity index (χ2n) is 10.4. The van der Waals surface area contributed by atoms with Crippen molar-refractivity contribution in [2.24, 2.45) is 0 Å². The third-order valence-corrected chi connectivity index (χ3v) is 7.12. The van der Waals surface area contributed by atoms with Gasteiger partial charge in [-0.25, -0.2) is 14.4 Å². The maximum Gasteiger partial charge on any atom is 0.336 e. The summed E-state index contributed by atoms with van der Waals surface area (Å²) in [6.45, 7) is 9.66. The van der Waals surface area contributed by atoms with Gasteiger partial charge in [-0.05, 0) is 66.8 Å². The Morgan fingerprint density at radius 3 is 1.55 bits per heavy atom. The number of esters is 3. The number of allylic oxidation sites excluding steroid dienone is 1. The van der Waals surface area contributed by atoms with Gasteiger partial charge in [0.25, 0.3) is 0 Å². The van der Waals surface area contributed by atoms with Gasteiger partial charge in [-0.3, -0.25) is 0 Å². The van der Waals surface area contributed by atoms with Crippen LogP contribution in [-0.2, 0) is 26.9 Å². The standard InChI is InChI=1S/C35H45IO9.C2H6/c1-28(41-23-11-7-3-2-6-10-22-37)14-19-34(39)44-31-17-15-30-27-32(18-16-29(30)26-31)45-35(40)21-20-33(38)42-24-12-8-4-5-9-13-25-43-36;1-2/h14-21,26-27,37H,1-13,22-25H2;1-2H3/b19-14+,21-20+;. The fourth-order valence-corrected chi connectivity index (χ4v) is 4.60. The Morgan fingerprint density at radius 1 is 0.617 bits per heavy atom. The number of aliphatic hydroxyl groups excluding tert-OH is 1. The summed E-state index contributed by atoms with van der Waals surface area (Å²) in [7, 11) is 0. The van der Waals surface area contributed by atoms with E-state index in [1.165, 1.54) is 12.2 Å². The van der Waals surface area contributed by atoms with Crippen molar-refractivity contribution in [2.75, 3.05) is 26.4 Å². The number of carbonyl (C=O) groups is 3. The van der Waals surface area contributed by atoms with Crippen molar-refractivity contribution < 1.29 is 41.5 Å². The quantitative estimate of drug-likeness (QED) is 0.0213. The molecule has 0 saturated heterocycles. The van der Waals surface area contributed by atoms with Gasteiger partial charge in [-0.15, -0.1) is 0 Å². The number of aliphatic hydroxyl groups is 1. The summed E-state index contributed by atoms with van der Waals surface area (Å²) in [6, 6.07) is 10.1. The van der Waals surface area contributed by atoms with E-state index in [2.05, 4.69) is 6.58 Å². The first-order valence-electron chi connectivity index (χ1n) is 16.6. The van der Waals surface area contributed by atoms with E-state index in [9.17, 15) is 14.4 Å². The summed E-state index contributed by atoms with van der Waals surface area (Å²) in [6.07, 6.45) is 17.0. The van der Waals surface area contributed by atoms with E-state index >= 15 is 0 Å². The van der Waals surface area contributed by atoms with Crippen LogP contribution in [0, 0.1) is 0 Å². The van der Waals surface area contributed by atoms with Gasteiger partial charge in [-0.1, -0.05) is 83.9 Å². The van der Waals surface area contributed by atoms with Gasteiger partial charge in [0.1, 0.15) is 40.3 Å². The molecule has 0 heterocycles. The summed E-state index contributed by atoms with van der Waals surface area (Å²) in [4.78, 5) is 36.3. The fourth-order valence-electron chi connectivity index (χ4n) is 4.29. The molecular weight excluding hydrogens is 715 g/mol. The van der Waals surface area contributed by atoms with Crippen LogP contribution in [0.25, 0.3) is 10.8 Å². The Balaban J connectivity index is 0.00000541. The SMILES string of the molecule is C=C(/C=C/C(=O)Oc1ccc2cc(OC(=O)/C=C/C(=O)OCCCCCCCCOI)ccc2c1)OCCCCCCCCO.CC. The van der Waals surface area contributed by atoms with Crippen molar-refractivity contribution in [3.63, 3.8) is 0 Å². The smallest absolute Gasteiger partial charge is 0.336 e. The minimum atomic E-state index is -0.695. The molecule has 0 unspecified atom stereocenters. The molecule has 2 rings (SSSR count). The van der Waals surface area contributed by atoms with Crippen molar-refractivity contribution in [3.05, 3.63) is 73.0 Å². The summed E-state index contributed by atoms with van der Waals surface area (Å²) in [5.74, 6) is -0.793. The van der Waals surface area contributed by atoms with Crippen molar-refractivity contribution in [2.45, 2.75) is 90.9 Å². The van der Waals surface area contributed by atoms with Crippen LogP contribution in [0.15, 0.2) is 73.0 Å². The average molecular weight is 767 g/mol. The topological polar surface area (TPSA) is 118 Å². The van der Waals surface area contributed by atoms with E-state index in [-0.39, 0.29) is 6.61 Å². The minimum absolute atomic E-state index is 0.247. The molecule has 47 heavy (non-hydrogen) atoms. The van der Waals surface area contributed by atoms with Crippen molar-refractivity contribution in [1.29, 1.82) is 0 Å². The number of benzene rings is 2. The number of rotatable bonds is 24. The van der Waals surface area contributed by atoms with Crippen LogP contribution in [0.4, 0.5) is 0 Å². The molecule has 0 radical (unpaired) electrons. The highest BCUT2D eigenvalue weighted by Gasteiger charge is 2.07. The van der Waals surface area contributed by atoms with Crippen LogP contribution in [0.2, 0.25) is 0 Å². The van der Waals surface area contributed by atoms with Gasteiger partial charge < -0.3 is 27.1 Å². The highest BCUT2D eigenvalue weighted by molar-refractivity contribution is 14.1. The highest BCUT2D eigenvalue weighted by Crippen LogP contribution is 2.25. The summed E-state index contributed by atoms with van der Waals surface area (Å²) >= 11 is 1.90. The molecule has 0 aromatic heterocycles. The number of hydrogen-bond donors (Lipinski definition) is 1. The molecule has 0 spiro atoms. The maximum atomic E-state index is 12.3. The fraction of sp³-hybridized carbons (Fsp3) is 0.486. The first kappa shape index (κ1) is 41.8. The molecule has 10 heteroatoms. The number of hydrogen-bond acceptors (Lipinski definition) is 9. The van der Waals surface area contributed by atoms with Crippen molar-refractivity contribution >= 4 is 51.7 Å². The lowest BCUT2D eigenvalue weighted by atomic mass is 10.1. The number of unbranched alkanes of at least 4 members (excludes halogenated alkanes) is 10. The first-order chi connectivity index (χ1) is 22.9. The minimum Gasteiger partial charge on any atom is -0.494 e. The largest absolute Gasteiger partial charge is 0.494 e. The zero-order valence-corrected chi connectivity index (χ0v) is 30.0. The Morgan fingerprint density at radius 2 is 1.04 bits per heavy atom. The van der Waals surface area contributed by atoms with Crippen LogP contribution in [0.5, 0.6) is 11.5 Å². The van der Waals surface area contributed by atoms with E-state index in [1.54, 1.807) is 36.4 Å². The number of halogens is 1.